The predicted octanol–water partition coefficient (Wildman–Crippen LogP) is -0.817. The highest BCUT2D eigenvalue weighted by atomic mass is 32.1. The topological polar surface area (TPSA) is 49.3 Å². The minimum atomic E-state index is -0.552. The second-order valence-corrected chi connectivity index (χ2v) is 2.09. The van der Waals surface area contributed by atoms with E-state index in [2.05, 4.69) is 17.5 Å². The van der Waals surface area contributed by atoms with E-state index < -0.39 is 6.04 Å². The Bertz CT molecular complexity index is 85.4. The van der Waals surface area contributed by atoms with Gasteiger partial charge in [-0.1, -0.05) is 22.1 Å². The van der Waals surface area contributed by atoms with Crippen LogP contribution in [-0.4, -0.2) is 23.3 Å². The van der Waals surface area contributed by atoms with E-state index in [9.17, 15) is 4.79 Å². The summed E-state index contributed by atoms with van der Waals surface area (Å²) in [5.74, 6) is 0. The first-order valence-electron chi connectivity index (χ1n) is 2.02. The van der Waals surface area contributed by atoms with Crippen LogP contribution in [0, 0.1) is 0 Å². The summed E-state index contributed by atoms with van der Waals surface area (Å²) in [6.45, 7) is -0.216. The third-order valence-electron chi connectivity index (χ3n) is 0.682. The van der Waals surface area contributed by atoms with Gasteiger partial charge in [-0.3, -0.25) is 9.52 Å². The molecule has 3 nitrogen and oxygen atoms in total. The Balaban J connectivity index is 3.52. The van der Waals surface area contributed by atoms with Gasteiger partial charge in [0.2, 0.25) is 0 Å². The first kappa shape index (κ1) is 8.37. The van der Waals surface area contributed by atoms with Crippen molar-refractivity contribution in [2.45, 2.75) is 6.04 Å². The molecule has 1 unspecified atom stereocenters. The van der Waals surface area contributed by atoms with E-state index in [1.165, 1.54) is 0 Å². The standard InChI is InChI=1S/C3H8NO2PS/c5-1-2(4-8)3(6)7/h2,4-5,8H,1,7H2/t2-/m0/s1. The summed E-state index contributed by atoms with van der Waals surface area (Å²) >= 11 is 3.59. The zero-order valence-electron chi connectivity index (χ0n) is 4.16. The lowest BCUT2D eigenvalue weighted by Crippen LogP contribution is -2.30. The molecule has 0 radical (unpaired) electrons. The lowest BCUT2D eigenvalue weighted by atomic mass is 10.4. The van der Waals surface area contributed by atoms with E-state index in [0.717, 1.165) is 0 Å². The molecule has 48 valence electrons. The molecule has 0 spiro atoms. The fourth-order valence-corrected chi connectivity index (χ4v) is 0.732. The number of nitrogens with one attached hydrogen (secondary N) is 1. The fraction of sp³-hybridized carbons (Fsp3) is 0.667. The molecule has 0 aliphatic rings. The Labute approximate surface area is 55.6 Å². The first-order chi connectivity index (χ1) is 3.72. The number of carbonyl (C=O) groups is 1. The number of thiol groups is 1. The van der Waals surface area contributed by atoms with E-state index in [1.807, 2.05) is 9.24 Å². The maximum Gasteiger partial charge on any atom is 0.168 e. The Kier molecular flexibility index (Phi) is 4.47. The van der Waals surface area contributed by atoms with Crippen molar-refractivity contribution in [3.63, 3.8) is 0 Å². The van der Waals surface area contributed by atoms with Crippen molar-refractivity contribution in [1.29, 1.82) is 0 Å². The van der Waals surface area contributed by atoms with E-state index in [1.54, 1.807) is 0 Å². The fourth-order valence-electron chi connectivity index (χ4n) is 0.194. The highest BCUT2D eigenvalue weighted by molar-refractivity contribution is 7.78. The van der Waals surface area contributed by atoms with Crippen molar-refractivity contribution in [2.24, 2.45) is 0 Å². The van der Waals surface area contributed by atoms with Gasteiger partial charge in [0, 0.05) is 0 Å². The van der Waals surface area contributed by atoms with E-state index in [0.29, 0.717) is 0 Å². The molecular formula is C3H8NO2PS. The SMILES string of the molecule is O=C(P)[C@H](CO)NS. The maximum atomic E-state index is 10.3. The van der Waals surface area contributed by atoms with Gasteiger partial charge in [-0.05, 0) is 0 Å². The average Bonchev–Trinajstić information content (AvgIpc) is 1.69. The van der Waals surface area contributed by atoms with Crippen molar-refractivity contribution in [2.75, 3.05) is 6.61 Å². The molecule has 2 N–H and O–H groups in total. The molecule has 8 heavy (non-hydrogen) atoms. The van der Waals surface area contributed by atoms with Crippen LogP contribution < -0.4 is 4.72 Å². The molecule has 0 fully saturated rings. The quantitative estimate of drug-likeness (QED) is 0.367. The van der Waals surface area contributed by atoms with Gasteiger partial charge in [0.15, 0.2) is 5.52 Å². The molecule has 0 heterocycles. The van der Waals surface area contributed by atoms with Crippen LogP contribution in [0.2, 0.25) is 0 Å². The van der Waals surface area contributed by atoms with Crippen LogP contribution >= 0.6 is 22.1 Å². The number of carbonyl (C=O) groups excluding carboxylic acids is 1. The van der Waals surface area contributed by atoms with Gasteiger partial charge in [-0.15, -0.1) is 0 Å². The smallest absolute Gasteiger partial charge is 0.168 e. The van der Waals surface area contributed by atoms with Gasteiger partial charge in [0.1, 0.15) is 6.04 Å². The third-order valence-corrected chi connectivity index (χ3v) is 1.40. The summed E-state index contributed by atoms with van der Waals surface area (Å²) in [6, 6.07) is -0.552. The molecular weight excluding hydrogens is 145 g/mol. The lowest BCUT2D eigenvalue weighted by Gasteiger charge is -2.04. The van der Waals surface area contributed by atoms with Crippen LogP contribution in [0.15, 0.2) is 0 Å². The molecule has 0 aromatic rings. The summed E-state index contributed by atoms with van der Waals surface area (Å²) in [7, 11) is 1.95. The number of hydrogen-bond acceptors (Lipinski definition) is 4. The Hall–Kier alpha value is 0.370. The molecule has 0 amide bonds. The molecule has 0 bridgehead atoms. The predicted molar refractivity (Wildman–Crippen MR) is 37.7 cm³/mol. The average molecular weight is 153 g/mol. The molecule has 0 saturated carbocycles. The molecule has 5 heteroatoms. The van der Waals surface area contributed by atoms with Crippen molar-refractivity contribution in [3.05, 3.63) is 0 Å². The van der Waals surface area contributed by atoms with E-state index in [4.69, 9.17) is 5.11 Å². The summed E-state index contributed by atoms with van der Waals surface area (Å²) in [5, 5.41) is 8.35. The summed E-state index contributed by atoms with van der Waals surface area (Å²) < 4.78 is 2.33. The lowest BCUT2D eigenvalue weighted by molar-refractivity contribution is -0.113. The minimum Gasteiger partial charge on any atom is -0.394 e. The van der Waals surface area contributed by atoms with Crippen LogP contribution in [0.1, 0.15) is 0 Å². The molecule has 0 aliphatic carbocycles. The monoisotopic (exact) mass is 153 g/mol. The normalized spacial score (nSPS) is 13.4. The van der Waals surface area contributed by atoms with Crippen molar-refractivity contribution in [1.82, 2.24) is 4.72 Å². The van der Waals surface area contributed by atoms with Crippen LogP contribution in [0.4, 0.5) is 0 Å². The number of aliphatic hydroxyl groups excluding tert-OH is 1. The van der Waals surface area contributed by atoms with Crippen LogP contribution in [0.3, 0.4) is 0 Å². The number of aliphatic hydroxyl groups is 1. The minimum absolute atomic E-state index is 0.192. The van der Waals surface area contributed by atoms with Crippen LogP contribution in [-0.2, 0) is 4.79 Å². The Morgan fingerprint density at radius 3 is 2.50 bits per heavy atom. The number of rotatable bonds is 3. The maximum absolute atomic E-state index is 10.3. The second-order valence-electron chi connectivity index (χ2n) is 1.27. The zero-order chi connectivity index (χ0) is 6.57. The van der Waals surface area contributed by atoms with Crippen molar-refractivity contribution < 1.29 is 9.90 Å². The Morgan fingerprint density at radius 1 is 2.00 bits per heavy atom. The van der Waals surface area contributed by atoms with Crippen molar-refractivity contribution in [3.8, 4) is 0 Å². The third kappa shape index (κ3) is 2.62. The van der Waals surface area contributed by atoms with Gasteiger partial charge in [-0.2, -0.15) is 0 Å². The summed E-state index contributed by atoms with van der Waals surface area (Å²) in [4.78, 5) is 10.3. The zero-order valence-corrected chi connectivity index (χ0v) is 6.21. The van der Waals surface area contributed by atoms with E-state index >= 15 is 0 Å². The first-order valence-corrected chi connectivity index (χ1v) is 3.04. The Morgan fingerprint density at radius 2 is 2.50 bits per heavy atom. The van der Waals surface area contributed by atoms with E-state index in [-0.39, 0.29) is 12.1 Å². The highest BCUT2D eigenvalue weighted by Gasteiger charge is 2.08. The largest absolute Gasteiger partial charge is 0.394 e. The summed E-state index contributed by atoms with van der Waals surface area (Å²) in [5.41, 5.74) is -0.192. The number of hydrogen-bond donors (Lipinski definition) is 3. The molecule has 0 aromatic carbocycles. The highest BCUT2D eigenvalue weighted by Crippen LogP contribution is 1.92. The van der Waals surface area contributed by atoms with Crippen molar-refractivity contribution >= 4 is 27.6 Å². The molecule has 0 aromatic heterocycles. The van der Waals surface area contributed by atoms with Crippen LogP contribution in [0.5, 0.6) is 0 Å². The second kappa shape index (κ2) is 4.27. The van der Waals surface area contributed by atoms with Gasteiger partial charge < -0.3 is 5.11 Å². The summed E-state index contributed by atoms with van der Waals surface area (Å²) in [6.07, 6.45) is 0. The molecule has 0 rings (SSSR count). The molecule has 0 aliphatic heterocycles. The van der Waals surface area contributed by atoms with Crippen LogP contribution in [0.25, 0.3) is 0 Å². The van der Waals surface area contributed by atoms with Gasteiger partial charge in [0.05, 0.1) is 6.61 Å². The van der Waals surface area contributed by atoms with Gasteiger partial charge >= 0.3 is 0 Å². The molecule has 2 atom stereocenters. The van der Waals surface area contributed by atoms with Gasteiger partial charge in [-0.25, -0.2) is 0 Å². The van der Waals surface area contributed by atoms with Gasteiger partial charge in [0.25, 0.3) is 0 Å². The molecule has 0 saturated heterocycles.